The molecular formula is C9H15N3OS. The molecule has 0 aliphatic rings. The molecule has 14 heavy (non-hydrogen) atoms. The zero-order chi connectivity index (χ0) is 10.7. The van der Waals surface area contributed by atoms with Crippen LogP contribution in [0, 0.1) is 6.92 Å². The van der Waals surface area contributed by atoms with E-state index in [-0.39, 0.29) is 11.9 Å². The maximum absolute atomic E-state index is 11.5. The van der Waals surface area contributed by atoms with Crippen LogP contribution in [0.25, 0.3) is 0 Å². The van der Waals surface area contributed by atoms with Crippen LogP contribution in [0.15, 0.2) is 5.38 Å². The summed E-state index contributed by atoms with van der Waals surface area (Å²) in [7, 11) is 3.49. The molecule has 0 aliphatic carbocycles. The number of hydrogen-bond acceptors (Lipinski definition) is 4. The summed E-state index contributed by atoms with van der Waals surface area (Å²) < 4.78 is 0. The third-order valence-electron chi connectivity index (χ3n) is 1.77. The van der Waals surface area contributed by atoms with Crippen molar-refractivity contribution in [2.75, 3.05) is 19.4 Å². The van der Waals surface area contributed by atoms with E-state index in [1.807, 2.05) is 19.2 Å². The fourth-order valence-electron chi connectivity index (χ4n) is 1.05. The largest absolute Gasteiger partial charge is 0.350 e. The highest BCUT2D eigenvalue weighted by atomic mass is 32.1. The zero-order valence-electron chi connectivity index (χ0n) is 8.87. The van der Waals surface area contributed by atoms with Crippen molar-refractivity contribution in [2.24, 2.45) is 0 Å². The van der Waals surface area contributed by atoms with E-state index in [0.717, 1.165) is 10.8 Å². The number of anilines is 1. The van der Waals surface area contributed by atoms with Gasteiger partial charge in [-0.3, -0.25) is 4.79 Å². The van der Waals surface area contributed by atoms with Crippen LogP contribution in [0.3, 0.4) is 0 Å². The average Bonchev–Trinajstić information content (AvgIpc) is 2.49. The second-order valence-corrected chi connectivity index (χ2v) is 4.25. The number of rotatable bonds is 3. The predicted octanol–water partition coefficient (Wildman–Crippen LogP) is 1.34. The quantitative estimate of drug-likeness (QED) is 0.824. The van der Waals surface area contributed by atoms with E-state index < -0.39 is 0 Å². The first-order valence-electron chi connectivity index (χ1n) is 4.40. The van der Waals surface area contributed by atoms with E-state index in [1.165, 1.54) is 11.3 Å². The number of aryl methyl sites for hydroxylation is 1. The molecule has 0 saturated heterocycles. The highest BCUT2D eigenvalue weighted by Gasteiger charge is 2.15. The first-order chi connectivity index (χ1) is 6.50. The Morgan fingerprint density at radius 2 is 2.29 bits per heavy atom. The number of carbonyl (C=O) groups is 1. The summed E-state index contributed by atoms with van der Waals surface area (Å²) in [5.41, 5.74) is 0.974. The molecule has 0 aliphatic heterocycles. The minimum absolute atomic E-state index is 0.0536. The number of carbonyl (C=O) groups excluding carboxylic acids is 1. The first-order valence-corrected chi connectivity index (χ1v) is 5.28. The van der Waals surface area contributed by atoms with Crippen molar-refractivity contribution in [3.63, 3.8) is 0 Å². The number of likely N-dealkylation sites (N-methyl/N-ethyl adjacent to an activating group) is 1. The van der Waals surface area contributed by atoms with Gasteiger partial charge in [-0.15, -0.1) is 11.3 Å². The Balaban J connectivity index is 2.57. The summed E-state index contributed by atoms with van der Waals surface area (Å²) in [6.07, 6.45) is 0. The summed E-state index contributed by atoms with van der Waals surface area (Å²) in [6.45, 7) is 3.76. The Labute approximate surface area is 88.0 Å². The highest BCUT2D eigenvalue weighted by Crippen LogP contribution is 2.15. The van der Waals surface area contributed by atoms with Gasteiger partial charge in [0.2, 0.25) is 5.91 Å². The summed E-state index contributed by atoms with van der Waals surface area (Å²) in [5, 5.41) is 5.81. The van der Waals surface area contributed by atoms with E-state index in [2.05, 4.69) is 10.3 Å². The lowest BCUT2D eigenvalue weighted by Crippen LogP contribution is -2.36. The molecule has 0 aromatic carbocycles. The van der Waals surface area contributed by atoms with E-state index in [4.69, 9.17) is 0 Å². The molecule has 1 heterocycles. The van der Waals surface area contributed by atoms with Gasteiger partial charge in [0.1, 0.15) is 6.04 Å². The molecule has 1 rings (SSSR count). The van der Waals surface area contributed by atoms with Crippen LogP contribution >= 0.6 is 11.3 Å². The topological polar surface area (TPSA) is 45.2 Å². The third-order valence-corrected chi connectivity index (χ3v) is 2.66. The lowest BCUT2D eigenvalue weighted by molar-refractivity contribution is -0.129. The maximum atomic E-state index is 11.5. The van der Waals surface area contributed by atoms with Gasteiger partial charge in [0.05, 0.1) is 5.69 Å². The highest BCUT2D eigenvalue weighted by molar-refractivity contribution is 7.13. The fraction of sp³-hybridized carbons (Fsp3) is 0.556. The van der Waals surface area contributed by atoms with Gasteiger partial charge in [0.25, 0.3) is 0 Å². The SMILES string of the molecule is Cc1csc(NC(C)C(=O)N(C)C)n1. The van der Waals surface area contributed by atoms with Crippen molar-refractivity contribution in [3.8, 4) is 0 Å². The second kappa shape index (κ2) is 4.41. The van der Waals surface area contributed by atoms with E-state index >= 15 is 0 Å². The third kappa shape index (κ3) is 2.70. The van der Waals surface area contributed by atoms with Gasteiger partial charge in [0.15, 0.2) is 5.13 Å². The number of aromatic nitrogens is 1. The number of thiazole rings is 1. The average molecular weight is 213 g/mol. The molecule has 78 valence electrons. The molecular weight excluding hydrogens is 198 g/mol. The van der Waals surface area contributed by atoms with Gasteiger partial charge >= 0.3 is 0 Å². The van der Waals surface area contributed by atoms with Crippen LogP contribution in [0.2, 0.25) is 0 Å². The number of amides is 1. The predicted molar refractivity (Wildman–Crippen MR) is 58.6 cm³/mol. The summed E-state index contributed by atoms with van der Waals surface area (Å²) >= 11 is 1.51. The Bertz CT molecular complexity index is 322. The summed E-state index contributed by atoms with van der Waals surface area (Å²) in [5.74, 6) is 0.0536. The van der Waals surface area contributed by atoms with Crippen LogP contribution in [-0.4, -0.2) is 35.9 Å². The van der Waals surface area contributed by atoms with Gasteiger partial charge in [-0.1, -0.05) is 0 Å². The molecule has 1 N–H and O–H groups in total. The van der Waals surface area contributed by atoms with E-state index in [0.29, 0.717) is 0 Å². The maximum Gasteiger partial charge on any atom is 0.244 e. The van der Waals surface area contributed by atoms with Crippen LogP contribution in [0.5, 0.6) is 0 Å². The molecule has 1 unspecified atom stereocenters. The normalized spacial score (nSPS) is 12.3. The monoisotopic (exact) mass is 213 g/mol. The zero-order valence-corrected chi connectivity index (χ0v) is 9.68. The van der Waals surface area contributed by atoms with Crippen molar-refractivity contribution in [2.45, 2.75) is 19.9 Å². The molecule has 1 atom stereocenters. The molecule has 1 aromatic rings. The number of nitrogens with one attached hydrogen (secondary N) is 1. The van der Waals surface area contributed by atoms with Crippen molar-refractivity contribution in [1.29, 1.82) is 0 Å². The smallest absolute Gasteiger partial charge is 0.244 e. The molecule has 1 aromatic heterocycles. The van der Waals surface area contributed by atoms with Gasteiger partial charge in [0, 0.05) is 19.5 Å². The lowest BCUT2D eigenvalue weighted by Gasteiger charge is -2.17. The van der Waals surface area contributed by atoms with Gasteiger partial charge in [-0.2, -0.15) is 0 Å². The van der Waals surface area contributed by atoms with Crippen LogP contribution < -0.4 is 5.32 Å². The Kier molecular flexibility index (Phi) is 3.46. The molecule has 0 saturated carbocycles. The second-order valence-electron chi connectivity index (χ2n) is 3.39. The van der Waals surface area contributed by atoms with Crippen molar-refractivity contribution in [3.05, 3.63) is 11.1 Å². The van der Waals surface area contributed by atoms with Crippen LogP contribution in [-0.2, 0) is 4.79 Å². The standard InChI is InChI=1S/C9H15N3OS/c1-6-5-14-9(10-6)11-7(2)8(13)12(3)4/h5,7H,1-4H3,(H,10,11). The minimum Gasteiger partial charge on any atom is -0.350 e. The molecule has 0 spiro atoms. The van der Waals surface area contributed by atoms with Gasteiger partial charge in [-0.25, -0.2) is 4.98 Å². The first kappa shape index (κ1) is 11.0. The fourth-order valence-corrected chi connectivity index (χ4v) is 1.83. The Hall–Kier alpha value is -1.10. The van der Waals surface area contributed by atoms with Gasteiger partial charge < -0.3 is 10.2 Å². The van der Waals surface area contributed by atoms with Crippen LogP contribution in [0.1, 0.15) is 12.6 Å². The Morgan fingerprint density at radius 3 is 2.71 bits per heavy atom. The van der Waals surface area contributed by atoms with E-state index in [9.17, 15) is 4.79 Å². The van der Waals surface area contributed by atoms with Crippen LogP contribution in [0.4, 0.5) is 5.13 Å². The molecule has 0 radical (unpaired) electrons. The van der Waals surface area contributed by atoms with E-state index in [1.54, 1.807) is 19.0 Å². The molecule has 0 fully saturated rings. The summed E-state index contributed by atoms with van der Waals surface area (Å²) in [4.78, 5) is 17.3. The molecule has 1 amide bonds. The number of nitrogens with zero attached hydrogens (tertiary/aromatic N) is 2. The van der Waals surface area contributed by atoms with Crippen molar-refractivity contribution in [1.82, 2.24) is 9.88 Å². The molecule has 0 bridgehead atoms. The minimum atomic E-state index is -0.226. The molecule has 4 nitrogen and oxygen atoms in total. The Morgan fingerprint density at radius 1 is 1.64 bits per heavy atom. The van der Waals surface area contributed by atoms with Gasteiger partial charge in [-0.05, 0) is 13.8 Å². The van der Waals surface area contributed by atoms with Crippen molar-refractivity contribution < 1.29 is 4.79 Å². The lowest BCUT2D eigenvalue weighted by atomic mass is 10.3. The molecule has 5 heteroatoms. The number of hydrogen-bond donors (Lipinski definition) is 1. The summed E-state index contributed by atoms with van der Waals surface area (Å²) in [6, 6.07) is -0.226. The van der Waals surface area contributed by atoms with Crippen molar-refractivity contribution >= 4 is 22.4 Å².